The van der Waals surface area contributed by atoms with E-state index in [1.54, 1.807) is 5.06 Å². The fourth-order valence-corrected chi connectivity index (χ4v) is 1.21. The first-order chi connectivity index (χ1) is 6.00. The van der Waals surface area contributed by atoms with Crippen LogP contribution in [0.1, 0.15) is 40.0 Å². The minimum Gasteiger partial charge on any atom is -0.367 e. The van der Waals surface area contributed by atoms with Crippen LogP contribution in [0.3, 0.4) is 0 Å². The fourth-order valence-electron chi connectivity index (χ4n) is 1.21. The molecule has 0 N–H and O–H groups in total. The Kier molecular flexibility index (Phi) is 3.31. The molecule has 3 heteroatoms. The van der Waals surface area contributed by atoms with Crippen LogP contribution < -0.4 is 0 Å². The molecule has 0 bridgehead atoms. The first kappa shape index (κ1) is 10.5. The van der Waals surface area contributed by atoms with Crippen LogP contribution in [0.2, 0.25) is 0 Å². The third-order valence-corrected chi connectivity index (χ3v) is 2.14. The zero-order chi connectivity index (χ0) is 9.90. The van der Waals surface area contributed by atoms with Crippen molar-refractivity contribution in [1.29, 1.82) is 0 Å². The van der Waals surface area contributed by atoms with E-state index in [0.29, 0.717) is 0 Å². The first-order valence-corrected chi connectivity index (χ1v) is 4.97. The summed E-state index contributed by atoms with van der Waals surface area (Å²) in [4.78, 5) is 16.7. The largest absolute Gasteiger partial charge is 0.367 e. The maximum Gasteiger partial charge on any atom is 0.330 e. The average Bonchev–Trinajstić information content (AvgIpc) is 2.04. The molecule has 1 aliphatic heterocycles. The van der Waals surface area contributed by atoms with Crippen molar-refractivity contribution in [2.45, 2.75) is 40.0 Å². The van der Waals surface area contributed by atoms with E-state index in [9.17, 15) is 4.79 Å². The molecule has 0 aliphatic carbocycles. The van der Waals surface area contributed by atoms with Crippen LogP contribution in [-0.4, -0.2) is 24.1 Å². The number of nitrogens with zero attached hydrogens (tertiary/aromatic N) is 1. The van der Waals surface area contributed by atoms with E-state index >= 15 is 0 Å². The van der Waals surface area contributed by atoms with Crippen molar-refractivity contribution in [1.82, 2.24) is 5.06 Å². The lowest BCUT2D eigenvalue weighted by Gasteiger charge is -2.27. The second kappa shape index (κ2) is 4.09. The molecule has 1 heterocycles. The number of hydrogen-bond acceptors (Lipinski definition) is 3. The van der Waals surface area contributed by atoms with Gasteiger partial charge in [0.05, 0.1) is 5.41 Å². The normalized spacial score (nSPS) is 19.9. The third kappa shape index (κ3) is 3.35. The molecule has 1 aliphatic rings. The minimum absolute atomic E-state index is 0.130. The van der Waals surface area contributed by atoms with Gasteiger partial charge in [0, 0.05) is 13.1 Å². The number of rotatable bonds is 1. The molecule has 0 saturated carbocycles. The molecule has 0 aromatic rings. The molecule has 0 spiro atoms. The van der Waals surface area contributed by atoms with Crippen molar-refractivity contribution in [3.05, 3.63) is 0 Å². The Labute approximate surface area is 80.0 Å². The summed E-state index contributed by atoms with van der Waals surface area (Å²) >= 11 is 0. The number of hydroxylamine groups is 2. The van der Waals surface area contributed by atoms with Gasteiger partial charge in [-0.25, -0.2) is 4.79 Å². The molecule has 0 atom stereocenters. The highest BCUT2D eigenvalue weighted by Crippen LogP contribution is 2.18. The maximum absolute atomic E-state index is 11.5. The Morgan fingerprint density at radius 2 is 1.69 bits per heavy atom. The van der Waals surface area contributed by atoms with Gasteiger partial charge in [-0.2, -0.15) is 0 Å². The molecule has 76 valence electrons. The Bertz CT molecular complexity index is 178. The topological polar surface area (TPSA) is 29.5 Å². The summed E-state index contributed by atoms with van der Waals surface area (Å²) in [6, 6.07) is 0. The molecule has 0 aromatic heterocycles. The third-order valence-electron chi connectivity index (χ3n) is 2.14. The highest BCUT2D eigenvalue weighted by atomic mass is 16.7. The first-order valence-electron chi connectivity index (χ1n) is 4.97. The van der Waals surface area contributed by atoms with Crippen molar-refractivity contribution in [3.63, 3.8) is 0 Å². The monoisotopic (exact) mass is 185 g/mol. The van der Waals surface area contributed by atoms with Gasteiger partial charge in [-0.1, -0.05) is 6.42 Å². The Morgan fingerprint density at radius 3 is 2.15 bits per heavy atom. The lowest BCUT2D eigenvalue weighted by Crippen LogP contribution is -2.36. The maximum atomic E-state index is 11.5. The molecular formula is C10H19NO2. The summed E-state index contributed by atoms with van der Waals surface area (Å²) in [6.45, 7) is 7.40. The summed E-state index contributed by atoms with van der Waals surface area (Å²) in [5.41, 5.74) is -0.391. The van der Waals surface area contributed by atoms with Gasteiger partial charge in [-0.05, 0) is 33.6 Å². The summed E-state index contributed by atoms with van der Waals surface area (Å²) < 4.78 is 0. The van der Waals surface area contributed by atoms with Crippen LogP contribution in [-0.2, 0) is 9.63 Å². The molecular weight excluding hydrogens is 166 g/mol. The van der Waals surface area contributed by atoms with Crippen LogP contribution in [0.4, 0.5) is 0 Å². The second-order valence-electron chi connectivity index (χ2n) is 4.62. The lowest BCUT2D eigenvalue weighted by atomic mass is 9.98. The highest BCUT2D eigenvalue weighted by Gasteiger charge is 2.26. The molecule has 0 amide bonds. The van der Waals surface area contributed by atoms with E-state index in [0.717, 1.165) is 25.9 Å². The predicted octanol–water partition coefficient (Wildman–Crippen LogP) is 1.98. The Morgan fingerprint density at radius 1 is 1.15 bits per heavy atom. The van der Waals surface area contributed by atoms with E-state index in [1.807, 2.05) is 20.8 Å². The minimum atomic E-state index is -0.391. The van der Waals surface area contributed by atoms with Crippen LogP contribution in [0.15, 0.2) is 0 Å². The quantitative estimate of drug-likeness (QED) is 0.625. The summed E-state index contributed by atoms with van der Waals surface area (Å²) in [6.07, 6.45) is 3.53. The Balaban J connectivity index is 2.35. The van der Waals surface area contributed by atoms with Crippen molar-refractivity contribution < 1.29 is 9.63 Å². The van der Waals surface area contributed by atoms with Crippen molar-refractivity contribution >= 4 is 5.97 Å². The van der Waals surface area contributed by atoms with Gasteiger partial charge in [-0.3, -0.25) is 0 Å². The summed E-state index contributed by atoms with van der Waals surface area (Å²) in [7, 11) is 0. The second-order valence-corrected chi connectivity index (χ2v) is 4.62. The van der Waals surface area contributed by atoms with Gasteiger partial charge in [0.25, 0.3) is 0 Å². The van der Waals surface area contributed by atoms with Crippen LogP contribution in [0.5, 0.6) is 0 Å². The van der Waals surface area contributed by atoms with Gasteiger partial charge in [0.2, 0.25) is 0 Å². The van der Waals surface area contributed by atoms with Gasteiger partial charge in [0.1, 0.15) is 0 Å². The molecule has 0 unspecified atom stereocenters. The van der Waals surface area contributed by atoms with Crippen molar-refractivity contribution in [2.24, 2.45) is 5.41 Å². The van der Waals surface area contributed by atoms with E-state index < -0.39 is 5.41 Å². The van der Waals surface area contributed by atoms with Gasteiger partial charge < -0.3 is 4.84 Å². The standard InChI is InChI=1S/C10H19NO2/c1-10(2,3)9(12)13-11-7-5-4-6-8-11/h4-8H2,1-3H3. The van der Waals surface area contributed by atoms with E-state index in [-0.39, 0.29) is 5.97 Å². The average molecular weight is 185 g/mol. The zero-order valence-corrected chi connectivity index (χ0v) is 8.80. The highest BCUT2D eigenvalue weighted by molar-refractivity contribution is 5.75. The SMILES string of the molecule is CC(C)(C)C(=O)ON1CCCCC1. The molecule has 0 aromatic carbocycles. The molecule has 13 heavy (non-hydrogen) atoms. The number of hydrogen-bond donors (Lipinski definition) is 0. The van der Waals surface area contributed by atoms with Crippen LogP contribution in [0, 0.1) is 5.41 Å². The fraction of sp³-hybridized carbons (Fsp3) is 0.900. The van der Waals surface area contributed by atoms with E-state index in [4.69, 9.17) is 4.84 Å². The van der Waals surface area contributed by atoms with E-state index in [1.165, 1.54) is 6.42 Å². The van der Waals surface area contributed by atoms with Gasteiger partial charge in [-0.15, -0.1) is 5.06 Å². The summed E-state index contributed by atoms with van der Waals surface area (Å²) in [5.74, 6) is -0.130. The zero-order valence-electron chi connectivity index (χ0n) is 8.80. The number of carbonyl (C=O) groups excluding carboxylic acids is 1. The predicted molar refractivity (Wildman–Crippen MR) is 51.0 cm³/mol. The van der Waals surface area contributed by atoms with E-state index in [2.05, 4.69) is 0 Å². The number of piperidine rings is 1. The Hall–Kier alpha value is -0.570. The smallest absolute Gasteiger partial charge is 0.330 e. The molecule has 1 rings (SSSR count). The summed E-state index contributed by atoms with van der Waals surface area (Å²) in [5, 5.41) is 1.79. The van der Waals surface area contributed by atoms with Crippen LogP contribution >= 0.6 is 0 Å². The number of carbonyl (C=O) groups is 1. The molecule has 3 nitrogen and oxygen atoms in total. The molecule has 1 fully saturated rings. The van der Waals surface area contributed by atoms with Crippen molar-refractivity contribution in [3.8, 4) is 0 Å². The van der Waals surface area contributed by atoms with Crippen molar-refractivity contribution in [2.75, 3.05) is 13.1 Å². The molecule has 0 radical (unpaired) electrons. The van der Waals surface area contributed by atoms with Gasteiger partial charge in [0.15, 0.2) is 0 Å². The van der Waals surface area contributed by atoms with Crippen LogP contribution in [0.25, 0.3) is 0 Å². The molecule has 1 saturated heterocycles. The lowest BCUT2D eigenvalue weighted by molar-refractivity contribution is -0.203. The van der Waals surface area contributed by atoms with Gasteiger partial charge >= 0.3 is 5.97 Å².